The molecule has 100 valence electrons. The van der Waals surface area contributed by atoms with Gasteiger partial charge in [0.2, 0.25) is 0 Å². The van der Waals surface area contributed by atoms with Crippen molar-refractivity contribution < 1.29 is 9.84 Å². The number of ether oxygens (including phenoxy) is 1. The normalized spacial score (nSPS) is 35.6. The number of unbranched alkanes of at least 4 members (excludes halogenated alkanes) is 4. The lowest BCUT2D eigenvalue weighted by Gasteiger charge is -2.29. The first-order chi connectivity index (χ1) is 8.36. The highest BCUT2D eigenvalue weighted by Crippen LogP contribution is 2.49. The Balaban J connectivity index is 1.62. The van der Waals surface area contributed by atoms with Gasteiger partial charge in [-0.1, -0.05) is 32.6 Å². The van der Waals surface area contributed by atoms with Crippen LogP contribution in [0.5, 0.6) is 0 Å². The summed E-state index contributed by atoms with van der Waals surface area (Å²) in [5.41, 5.74) is 0. The molecule has 0 spiro atoms. The Morgan fingerprint density at radius 2 is 1.82 bits per heavy atom. The molecule has 4 atom stereocenters. The molecule has 2 rings (SSSR count). The van der Waals surface area contributed by atoms with Gasteiger partial charge in [0.25, 0.3) is 0 Å². The first kappa shape index (κ1) is 13.4. The highest BCUT2D eigenvalue weighted by Gasteiger charge is 2.47. The van der Waals surface area contributed by atoms with E-state index in [0.717, 1.165) is 18.4 Å². The molecule has 17 heavy (non-hydrogen) atoms. The van der Waals surface area contributed by atoms with Gasteiger partial charge in [0.1, 0.15) is 0 Å². The lowest BCUT2D eigenvalue weighted by atomic mass is 9.87. The van der Waals surface area contributed by atoms with Crippen LogP contribution < -0.4 is 0 Å². The van der Waals surface area contributed by atoms with E-state index in [-0.39, 0.29) is 0 Å². The predicted octanol–water partition coefficient (Wildman–Crippen LogP) is 3.38. The van der Waals surface area contributed by atoms with E-state index in [1.807, 2.05) is 0 Å². The van der Waals surface area contributed by atoms with Gasteiger partial charge in [0.05, 0.1) is 6.10 Å². The second-order valence-corrected chi connectivity index (χ2v) is 5.93. The average molecular weight is 240 g/mol. The fourth-order valence-electron chi connectivity index (χ4n) is 3.80. The van der Waals surface area contributed by atoms with Gasteiger partial charge in [-0.25, -0.2) is 0 Å². The Bertz CT molecular complexity index is 217. The maximum atomic E-state index is 9.45. The summed E-state index contributed by atoms with van der Waals surface area (Å²) < 4.78 is 6.06. The average Bonchev–Trinajstić information content (AvgIpc) is 2.93. The van der Waals surface area contributed by atoms with Gasteiger partial charge in [0.15, 0.2) is 0 Å². The molecule has 0 aromatic rings. The highest BCUT2D eigenvalue weighted by atomic mass is 16.5. The van der Waals surface area contributed by atoms with Gasteiger partial charge >= 0.3 is 0 Å². The lowest BCUT2D eigenvalue weighted by molar-refractivity contribution is -0.0369. The first-order valence-corrected chi connectivity index (χ1v) is 7.59. The monoisotopic (exact) mass is 240 g/mol. The molecule has 0 radical (unpaired) electrons. The van der Waals surface area contributed by atoms with E-state index in [1.54, 1.807) is 0 Å². The van der Waals surface area contributed by atoms with Gasteiger partial charge in [-0.2, -0.15) is 0 Å². The molecule has 0 heterocycles. The summed E-state index contributed by atoms with van der Waals surface area (Å²) >= 11 is 0. The SMILES string of the molecule is CCCCCCCO[C@H]1[C@@H]2CC[C@@H](C2)[C@@H]1CO. The van der Waals surface area contributed by atoms with Crippen LogP contribution in [0.3, 0.4) is 0 Å². The molecule has 0 aromatic carbocycles. The molecule has 2 heteroatoms. The van der Waals surface area contributed by atoms with Crippen molar-refractivity contribution in [2.45, 2.75) is 64.4 Å². The summed E-state index contributed by atoms with van der Waals surface area (Å²) in [5, 5.41) is 9.45. The van der Waals surface area contributed by atoms with Crippen molar-refractivity contribution in [3.63, 3.8) is 0 Å². The van der Waals surface area contributed by atoms with Crippen LogP contribution in [0.2, 0.25) is 0 Å². The topological polar surface area (TPSA) is 29.5 Å². The van der Waals surface area contributed by atoms with Crippen molar-refractivity contribution in [3.05, 3.63) is 0 Å². The maximum Gasteiger partial charge on any atom is 0.0656 e. The van der Waals surface area contributed by atoms with Crippen molar-refractivity contribution in [1.29, 1.82) is 0 Å². The Kier molecular flexibility index (Phi) is 5.30. The van der Waals surface area contributed by atoms with E-state index in [9.17, 15) is 5.11 Å². The van der Waals surface area contributed by atoms with Crippen LogP contribution in [-0.2, 0) is 4.74 Å². The van der Waals surface area contributed by atoms with E-state index >= 15 is 0 Å². The number of aliphatic hydroxyl groups is 1. The molecule has 2 nitrogen and oxygen atoms in total. The first-order valence-electron chi connectivity index (χ1n) is 7.59. The summed E-state index contributed by atoms with van der Waals surface area (Å²) in [4.78, 5) is 0. The number of rotatable bonds is 8. The van der Waals surface area contributed by atoms with E-state index < -0.39 is 0 Å². The Morgan fingerprint density at radius 3 is 2.59 bits per heavy atom. The Labute approximate surface area is 106 Å². The summed E-state index contributed by atoms with van der Waals surface area (Å²) in [5.74, 6) is 1.97. The molecular formula is C15H28O2. The van der Waals surface area contributed by atoms with Crippen LogP contribution in [0.4, 0.5) is 0 Å². The molecule has 2 saturated carbocycles. The molecule has 0 aromatic heterocycles. The molecule has 0 aliphatic heterocycles. The maximum absolute atomic E-state index is 9.45. The fraction of sp³-hybridized carbons (Fsp3) is 1.00. The van der Waals surface area contributed by atoms with Crippen LogP contribution in [0, 0.1) is 17.8 Å². The molecular weight excluding hydrogens is 212 g/mol. The third-order valence-electron chi connectivity index (χ3n) is 4.77. The summed E-state index contributed by atoms with van der Waals surface area (Å²) in [6.45, 7) is 3.49. The van der Waals surface area contributed by atoms with Gasteiger partial charge in [-0.3, -0.25) is 0 Å². The number of hydrogen-bond donors (Lipinski definition) is 1. The third-order valence-corrected chi connectivity index (χ3v) is 4.77. The van der Waals surface area contributed by atoms with Crippen LogP contribution in [0.25, 0.3) is 0 Å². The zero-order chi connectivity index (χ0) is 12.1. The van der Waals surface area contributed by atoms with E-state index in [0.29, 0.717) is 18.6 Å². The summed E-state index contributed by atoms with van der Waals surface area (Å²) in [6.07, 6.45) is 10.9. The molecule has 2 aliphatic rings. The van der Waals surface area contributed by atoms with Crippen molar-refractivity contribution >= 4 is 0 Å². The molecule has 2 fully saturated rings. The van der Waals surface area contributed by atoms with Crippen LogP contribution in [-0.4, -0.2) is 24.4 Å². The molecule has 2 aliphatic carbocycles. The van der Waals surface area contributed by atoms with Crippen LogP contribution in [0.1, 0.15) is 58.3 Å². The molecule has 1 N–H and O–H groups in total. The highest BCUT2D eigenvalue weighted by molar-refractivity contribution is 4.97. The summed E-state index contributed by atoms with van der Waals surface area (Å²) in [7, 11) is 0. The molecule has 2 bridgehead atoms. The van der Waals surface area contributed by atoms with Gasteiger partial charge in [-0.15, -0.1) is 0 Å². The lowest BCUT2D eigenvalue weighted by Crippen LogP contribution is -2.33. The molecule has 0 saturated heterocycles. The summed E-state index contributed by atoms with van der Waals surface area (Å²) in [6, 6.07) is 0. The zero-order valence-electron chi connectivity index (χ0n) is 11.2. The predicted molar refractivity (Wildman–Crippen MR) is 69.9 cm³/mol. The molecule has 0 amide bonds. The standard InChI is InChI=1S/C15H28O2/c1-2-3-4-5-6-9-17-15-13-8-7-12(10-13)14(15)11-16/h12-16H,2-11H2,1H3/t12-,13+,14-,15-/m0/s1. The second kappa shape index (κ2) is 6.75. The van der Waals surface area contributed by atoms with Crippen LogP contribution >= 0.6 is 0 Å². The van der Waals surface area contributed by atoms with Gasteiger partial charge in [0, 0.05) is 19.1 Å². The minimum Gasteiger partial charge on any atom is -0.396 e. The fourth-order valence-corrected chi connectivity index (χ4v) is 3.80. The van der Waals surface area contributed by atoms with Gasteiger partial charge < -0.3 is 9.84 Å². The van der Waals surface area contributed by atoms with Crippen molar-refractivity contribution in [2.75, 3.05) is 13.2 Å². The molecule has 0 unspecified atom stereocenters. The zero-order valence-corrected chi connectivity index (χ0v) is 11.2. The van der Waals surface area contributed by atoms with Crippen LogP contribution in [0.15, 0.2) is 0 Å². The smallest absolute Gasteiger partial charge is 0.0656 e. The Hall–Kier alpha value is -0.0800. The van der Waals surface area contributed by atoms with Crippen molar-refractivity contribution in [3.8, 4) is 0 Å². The largest absolute Gasteiger partial charge is 0.396 e. The quantitative estimate of drug-likeness (QED) is 0.659. The van der Waals surface area contributed by atoms with E-state index in [4.69, 9.17) is 4.74 Å². The van der Waals surface area contributed by atoms with Crippen molar-refractivity contribution in [2.24, 2.45) is 17.8 Å². The minimum absolute atomic E-state index is 0.335. The van der Waals surface area contributed by atoms with Crippen molar-refractivity contribution in [1.82, 2.24) is 0 Å². The number of hydrogen-bond acceptors (Lipinski definition) is 2. The number of aliphatic hydroxyl groups excluding tert-OH is 1. The number of fused-ring (bicyclic) bond motifs is 2. The third kappa shape index (κ3) is 3.23. The minimum atomic E-state index is 0.335. The van der Waals surface area contributed by atoms with E-state index in [2.05, 4.69) is 6.92 Å². The van der Waals surface area contributed by atoms with Gasteiger partial charge in [-0.05, 0) is 37.5 Å². The second-order valence-electron chi connectivity index (χ2n) is 5.93. The van der Waals surface area contributed by atoms with E-state index in [1.165, 1.54) is 51.4 Å². The Morgan fingerprint density at radius 1 is 1.06 bits per heavy atom.